The zero-order valence-corrected chi connectivity index (χ0v) is 8.52. The minimum Gasteiger partial charge on any atom is -0.481 e. The average molecular weight is 205 g/mol. The van der Waals surface area contributed by atoms with Crippen LogP contribution in [0, 0.1) is 0 Å². The van der Waals surface area contributed by atoms with Crippen LogP contribution in [0.15, 0.2) is 0 Å². The topological polar surface area (TPSA) is 81.0 Å². The summed E-state index contributed by atoms with van der Waals surface area (Å²) in [5, 5.41) is 26.0. The van der Waals surface area contributed by atoms with Crippen LogP contribution < -0.4 is 0 Å². The highest BCUT2D eigenvalue weighted by Gasteiger charge is 2.13. The van der Waals surface area contributed by atoms with Crippen LogP contribution >= 0.6 is 0 Å². The lowest BCUT2D eigenvalue weighted by atomic mass is 10.1. The van der Waals surface area contributed by atoms with Crippen LogP contribution in [-0.4, -0.2) is 58.5 Å². The van der Waals surface area contributed by atoms with E-state index in [2.05, 4.69) is 0 Å². The maximum atomic E-state index is 10.3. The van der Waals surface area contributed by atoms with Crippen molar-refractivity contribution >= 4 is 5.97 Å². The first kappa shape index (κ1) is 13.4. The molecule has 0 aromatic carbocycles. The van der Waals surface area contributed by atoms with Crippen LogP contribution in [0.1, 0.15) is 19.8 Å². The number of hydrogen-bond donors (Lipinski definition) is 3. The van der Waals surface area contributed by atoms with E-state index in [1.165, 1.54) is 0 Å². The molecule has 5 nitrogen and oxygen atoms in total. The van der Waals surface area contributed by atoms with Gasteiger partial charge in [-0.25, -0.2) is 0 Å². The average Bonchev–Trinajstić information content (AvgIpc) is 2.14. The molecular formula is C9H19NO4. The van der Waals surface area contributed by atoms with Crippen molar-refractivity contribution in [3.8, 4) is 0 Å². The van der Waals surface area contributed by atoms with Crippen LogP contribution in [0.5, 0.6) is 0 Å². The highest BCUT2D eigenvalue weighted by Crippen LogP contribution is 2.05. The van der Waals surface area contributed by atoms with E-state index in [1.54, 1.807) is 0 Å². The molecule has 0 saturated carbocycles. The Morgan fingerprint density at radius 2 is 1.79 bits per heavy atom. The highest BCUT2D eigenvalue weighted by molar-refractivity contribution is 5.66. The largest absolute Gasteiger partial charge is 0.481 e. The fourth-order valence-corrected chi connectivity index (χ4v) is 1.32. The zero-order chi connectivity index (χ0) is 11.0. The Hall–Kier alpha value is -0.650. The van der Waals surface area contributed by atoms with Gasteiger partial charge in [-0.2, -0.15) is 0 Å². The van der Waals surface area contributed by atoms with Gasteiger partial charge >= 0.3 is 5.97 Å². The van der Waals surface area contributed by atoms with Crippen LogP contribution in [0.25, 0.3) is 0 Å². The number of aliphatic hydroxyl groups is 2. The quantitative estimate of drug-likeness (QED) is 0.499. The fourth-order valence-electron chi connectivity index (χ4n) is 1.32. The molecule has 0 aromatic rings. The van der Waals surface area contributed by atoms with Gasteiger partial charge < -0.3 is 15.3 Å². The van der Waals surface area contributed by atoms with Crippen molar-refractivity contribution in [3.63, 3.8) is 0 Å². The molecule has 0 aliphatic carbocycles. The molecule has 1 unspecified atom stereocenters. The van der Waals surface area contributed by atoms with Gasteiger partial charge in [-0.15, -0.1) is 0 Å². The van der Waals surface area contributed by atoms with E-state index in [4.69, 9.17) is 15.3 Å². The van der Waals surface area contributed by atoms with Gasteiger partial charge in [0.25, 0.3) is 0 Å². The summed E-state index contributed by atoms with van der Waals surface area (Å²) in [5.41, 5.74) is 0. The Bertz CT molecular complexity index is 157. The molecule has 0 spiro atoms. The molecule has 14 heavy (non-hydrogen) atoms. The molecule has 1 atom stereocenters. The molecule has 0 radical (unpaired) electrons. The minimum atomic E-state index is -0.815. The lowest BCUT2D eigenvalue weighted by molar-refractivity contribution is -0.137. The zero-order valence-electron chi connectivity index (χ0n) is 8.52. The first-order chi connectivity index (χ1) is 6.61. The predicted octanol–water partition coefficient (Wildman–Crippen LogP) is -0.474. The van der Waals surface area contributed by atoms with Crippen molar-refractivity contribution in [2.24, 2.45) is 0 Å². The number of carbonyl (C=O) groups is 1. The van der Waals surface area contributed by atoms with E-state index in [0.717, 1.165) is 0 Å². The summed E-state index contributed by atoms with van der Waals surface area (Å²) >= 11 is 0. The van der Waals surface area contributed by atoms with Crippen LogP contribution in [0.3, 0.4) is 0 Å². The second-order valence-electron chi connectivity index (χ2n) is 3.26. The molecule has 0 aliphatic heterocycles. The predicted molar refractivity (Wildman–Crippen MR) is 52.1 cm³/mol. The first-order valence-corrected chi connectivity index (χ1v) is 4.79. The third-order valence-electron chi connectivity index (χ3n) is 2.17. The van der Waals surface area contributed by atoms with Crippen molar-refractivity contribution in [1.82, 2.24) is 4.90 Å². The molecule has 0 aliphatic rings. The van der Waals surface area contributed by atoms with Crippen LogP contribution in [-0.2, 0) is 4.79 Å². The third-order valence-corrected chi connectivity index (χ3v) is 2.17. The molecule has 5 heteroatoms. The van der Waals surface area contributed by atoms with Gasteiger partial charge in [0.05, 0.1) is 13.2 Å². The number of hydrogen-bond acceptors (Lipinski definition) is 4. The van der Waals surface area contributed by atoms with E-state index in [0.29, 0.717) is 19.5 Å². The molecule has 0 rings (SSSR count). The van der Waals surface area contributed by atoms with Gasteiger partial charge in [0.15, 0.2) is 0 Å². The summed E-state index contributed by atoms with van der Waals surface area (Å²) < 4.78 is 0. The van der Waals surface area contributed by atoms with Crippen molar-refractivity contribution < 1.29 is 20.1 Å². The lowest BCUT2D eigenvalue weighted by Gasteiger charge is -2.27. The molecule has 0 saturated heterocycles. The SMILES string of the molecule is CC(CCC(=O)O)N(CCO)CCO. The van der Waals surface area contributed by atoms with Crippen LogP contribution in [0.4, 0.5) is 0 Å². The Labute approximate surface area is 84.0 Å². The standard InChI is InChI=1S/C9H19NO4/c1-8(2-3-9(13)14)10(4-6-11)5-7-12/h8,11-12H,2-7H2,1H3,(H,13,14). The van der Waals surface area contributed by atoms with E-state index in [9.17, 15) is 4.79 Å². The Kier molecular flexibility index (Phi) is 7.37. The molecule has 0 aromatic heterocycles. The minimum absolute atomic E-state index is 0.0252. The van der Waals surface area contributed by atoms with Gasteiger partial charge in [0, 0.05) is 25.6 Å². The summed E-state index contributed by atoms with van der Waals surface area (Å²) in [4.78, 5) is 12.2. The van der Waals surface area contributed by atoms with Gasteiger partial charge in [0.2, 0.25) is 0 Å². The summed E-state index contributed by atoms with van der Waals surface area (Å²) in [6, 6.07) is 0.0744. The van der Waals surface area contributed by atoms with E-state index >= 15 is 0 Å². The summed E-state index contributed by atoms with van der Waals surface area (Å²) in [5.74, 6) is -0.815. The van der Waals surface area contributed by atoms with Gasteiger partial charge in [-0.05, 0) is 13.3 Å². The monoisotopic (exact) mass is 205 g/mol. The fraction of sp³-hybridized carbons (Fsp3) is 0.889. The van der Waals surface area contributed by atoms with E-state index < -0.39 is 5.97 Å². The number of aliphatic carboxylic acids is 1. The van der Waals surface area contributed by atoms with Gasteiger partial charge in [0.1, 0.15) is 0 Å². The van der Waals surface area contributed by atoms with Crippen molar-refractivity contribution in [2.75, 3.05) is 26.3 Å². The Balaban J connectivity index is 3.86. The highest BCUT2D eigenvalue weighted by atomic mass is 16.4. The van der Waals surface area contributed by atoms with Crippen molar-refractivity contribution in [1.29, 1.82) is 0 Å². The Morgan fingerprint density at radius 3 is 2.14 bits per heavy atom. The van der Waals surface area contributed by atoms with Crippen molar-refractivity contribution in [2.45, 2.75) is 25.8 Å². The summed E-state index contributed by atoms with van der Waals surface area (Å²) in [7, 11) is 0. The first-order valence-electron chi connectivity index (χ1n) is 4.79. The number of aliphatic hydroxyl groups excluding tert-OH is 2. The molecule has 0 heterocycles. The molecule has 3 N–H and O–H groups in total. The maximum Gasteiger partial charge on any atom is 0.303 e. The molecular weight excluding hydrogens is 186 g/mol. The molecule has 0 bridgehead atoms. The number of nitrogens with zero attached hydrogens (tertiary/aromatic N) is 1. The number of rotatable bonds is 8. The van der Waals surface area contributed by atoms with Crippen LogP contribution in [0.2, 0.25) is 0 Å². The second-order valence-corrected chi connectivity index (χ2v) is 3.26. The molecule has 84 valence electrons. The Morgan fingerprint density at radius 1 is 1.29 bits per heavy atom. The van der Waals surface area contributed by atoms with E-state index in [1.807, 2.05) is 11.8 Å². The second kappa shape index (κ2) is 7.73. The number of carboxylic acid groups (broad SMARTS) is 1. The van der Waals surface area contributed by atoms with Crippen molar-refractivity contribution in [3.05, 3.63) is 0 Å². The van der Waals surface area contributed by atoms with Gasteiger partial charge in [-0.1, -0.05) is 0 Å². The lowest BCUT2D eigenvalue weighted by Crippen LogP contribution is -2.37. The third kappa shape index (κ3) is 5.90. The van der Waals surface area contributed by atoms with Gasteiger partial charge in [-0.3, -0.25) is 9.69 Å². The molecule has 0 fully saturated rings. The summed E-state index contributed by atoms with van der Waals surface area (Å²) in [6.45, 7) is 2.89. The van der Waals surface area contributed by atoms with E-state index in [-0.39, 0.29) is 25.7 Å². The number of carboxylic acids is 1. The summed E-state index contributed by atoms with van der Waals surface area (Å²) in [6.07, 6.45) is 0.657. The maximum absolute atomic E-state index is 10.3. The molecule has 0 amide bonds. The normalized spacial score (nSPS) is 13.1. The smallest absolute Gasteiger partial charge is 0.303 e.